The van der Waals surface area contributed by atoms with Gasteiger partial charge >= 0.3 is 0 Å². The van der Waals surface area contributed by atoms with Gasteiger partial charge < -0.3 is 11.1 Å². The number of pyridine rings is 1. The van der Waals surface area contributed by atoms with E-state index in [-0.39, 0.29) is 18.1 Å². The Bertz CT molecular complexity index is 957. The molecule has 3 aromatic rings. The van der Waals surface area contributed by atoms with E-state index in [4.69, 9.17) is 5.73 Å². The Kier molecular flexibility index (Phi) is 5.26. The van der Waals surface area contributed by atoms with E-state index in [0.717, 1.165) is 0 Å². The second-order valence-electron chi connectivity index (χ2n) is 5.46. The average Bonchev–Trinajstić information content (AvgIpc) is 3.18. The van der Waals surface area contributed by atoms with E-state index in [0.29, 0.717) is 5.69 Å². The highest BCUT2D eigenvalue weighted by atomic mass is 16.2. The number of hydrogen-bond donors (Lipinski definition) is 2. The van der Waals surface area contributed by atoms with Crippen molar-refractivity contribution in [1.29, 1.82) is 0 Å². The van der Waals surface area contributed by atoms with Crippen LogP contribution in [0.25, 0.3) is 5.95 Å². The lowest BCUT2D eigenvalue weighted by molar-refractivity contribution is -0.137. The summed E-state index contributed by atoms with van der Waals surface area (Å²) in [6, 6.07) is 7.03. The van der Waals surface area contributed by atoms with Crippen LogP contribution >= 0.6 is 0 Å². The molecule has 0 saturated carbocycles. The van der Waals surface area contributed by atoms with Crippen LogP contribution in [-0.4, -0.2) is 48.4 Å². The Morgan fingerprint density at radius 2 is 1.74 bits per heavy atom. The number of Topliss-reactive ketones (excluding diaryl/α,β-unsaturated/α-hetero) is 1. The number of aromatic nitrogens is 5. The SMILES string of the molecule is NC(=O)C(=O)C(Cc1ccccn1)NC(=O)c1ccnn1-c1ncccn1. The fourth-order valence-electron chi connectivity index (χ4n) is 2.38. The number of primary amides is 1. The van der Waals surface area contributed by atoms with E-state index in [1.807, 2.05) is 0 Å². The molecule has 0 aliphatic rings. The van der Waals surface area contributed by atoms with Crippen molar-refractivity contribution in [1.82, 2.24) is 30.0 Å². The van der Waals surface area contributed by atoms with Gasteiger partial charge in [-0.2, -0.15) is 9.78 Å². The highest BCUT2D eigenvalue weighted by Crippen LogP contribution is 2.07. The molecule has 0 aliphatic heterocycles. The minimum Gasteiger partial charge on any atom is -0.363 e. The van der Waals surface area contributed by atoms with Crippen molar-refractivity contribution in [3.8, 4) is 5.95 Å². The van der Waals surface area contributed by atoms with Crippen molar-refractivity contribution in [2.24, 2.45) is 5.73 Å². The van der Waals surface area contributed by atoms with Gasteiger partial charge in [-0.25, -0.2) is 9.97 Å². The molecule has 1 unspecified atom stereocenters. The molecule has 3 aromatic heterocycles. The highest BCUT2D eigenvalue weighted by molar-refractivity contribution is 6.38. The summed E-state index contributed by atoms with van der Waals surface area (Å²) in [5.74, 6) is -2.50. The number of nitrogens with zero attached hydrogens (tertiary/aromatic N) is 5. The van der Waals surface area contributed by atoms with Crippen LogP contribution in [0.15, 0.2) is 55.1 Å². The molecule has 1 atom stereocenters. The monoisotopic (exact) mass is 365 g/mol. The van der Waals surface area contributed by atoms with Gasteiger partial charge in [0.25, 0.3) is 17.8 Å². The van der Waals surface area contributed by atoms with Gasteiger partial charge in [0, 0.05) is 30.7 Å². The summed E-state index contributed by atoms with van der Waals surface area (Å²) in [7, 11) is 0. The second-order valence-corrected chi connectivity index (χ2v) is 5.46. The first kappa shape index (κ1) is 17.9. The number of amides is 2. The quantitative estimate of drug-likeness (QED) is 0.534. The zero-order valence-electron chi connectivity index (χ0n) is 14.0. The minimum atomic E-state index is -1.16. The van der Waals surface area contributed by atoms with Crippen LogP contribution in [-0.2, 0) is 16.0 Å². The van der Waals surface area contributed by atoms with Gasteiger partial charge in [-0.1, -0.05) is 6.07 Å². The van der Waals surface area contributed by atoms with Crippen LogP contribution in [0.4, 0.5) is 0 Å². The van der Waals surface area contributed by atoms with Crippen LogP contribution in [0.2, 0.25) is 0 Å². The summed E-state index contributed by atoms with van der Waals surface area (Å²) >= 11 is 0. The van der Waals surface area contributed by atoms with Gasteiger partial charge in [-0.15, -0.1) is 0 Å². The Labute approximate surface area is 153 Å². The molecule has 0 aromatic carbocycles. The Morgan fingerprint density at radius 1 is 1.00 bits per heavy atom. The van der Waals surface area contributed by atoms with Crippen molar-refractivity contribution in [3.63, 3.8) is 0 Å². The number of ketones is 1. The van der Waals surface area contributed by atoms with Crippen LogP contribution in [0.3, 0.4) is 0 Å². The normalized spacial score (nSPS) is 11.6. The maximum Gasteiger partial charge on any atom is 0.287 e. The van der Waals surface area contributed by atoms with Crippen molar-refractivity contribution in [2.75, 3.05) is 0 Å². The van der Waals surface area contributed by atoms with Gasteiger partial charge in [-0.3, -0.25) is 19.4 Å². The van der Waals surface area contributed by atoms with Gasteiger partial charge in [0.1, 0.15) is 11.7 Å². The fourth-order valence-corrected chi connectivity index (χ4v) is 2.38. The zero-order valence-corrected chi connectivity index (χ0v) is 14.0. The van der Waals surface area contributed by atoms with Gasteiger partial charge in [0.05, 0.1) is 6.20 Å². The zero-order chi connectivity index (χ0) is 19.2. The Balaban J connectivity index is 1.84. The smallest absolute Gasteiger partial charge is 0.287 e. The molecule has 0 bridgehead atoms. The summed E-state index contributed by atoms with van der Waals surface area (Å²) in [6.45, 7) is 0. The highest BCUT2D eigenvalue weighted by Gasteiger charge is 2.27. The lowest BCUT2D eigenvalue weighted by atomic mass is 10.1. The second kappa shape index (κ2) is 7.95. The molecule has 0 spiro atoms. The molecule has 0 fully saturated rings. The number of hydrogen-bond acceptors (Lipinski definition) is 7. The van der Waals surface area contributed by atoms with Gasteiger partial charge in [0.2, 0.25) is 5.78 Å². The molecule has 10 heteroatoms. The summed E-state index contributed by atoms with van der Waals surface area (Å²) in [5.41, 5.74) is 5.73. The summed E-state index contributed by atoms with van der Waals surface area (Å²) in [4.78, 5) is 48.3. The Hall–Kier alpha value is -3.95. The molecular weight excluding hydrogens is 350 g/mol. The van der Waals surface area contributed by atoms with E-state index in [1.165, 1.54) is 29.3 Å². The predicted octanol–water partition coefficient (Wildman–Crippen LogP) is -0.547. The third kappa shape index (κ3) is 4.18. The third-order valence-corrected chi connectivity index (χ3v) is 3.62. The maximum atomic E-state index is 12.7. The summed E-state index contributed by atoms with van der Waals surface area (Å²) in [6.07, 6.45) is 5.97. The van der Waals surface area contributed by atoms with Crippen LogP contribution < -0.4 is 11.1 Å². The summed E-state index contributed by atoms with van der Waals surface area (Å²) in [5, 5.41) is 6.53. The van der Waals surface area contributed by atoms with E-state index in [2.05, 4.69) is 25.4 Å². The molecule has 2 amide bonds. The molecule has 3 N–H and O–H groups in total. The molecule has 0 saturated heterocycles. The molecule has 27 heavy (non-hydrogen) atoms. The van der Waals surface area contributed by atoms with Gasteiger partial charge in [-0.05, 0) is 24.3 Å². The molecule has 10 nitrogen and oxygen atoms in total. The van der Waals surface area contributed by atoms with E-state index >= 15 is 0 Å². The lowest BCUT2D eigenvalue weighted by Gasteiger charge is -2.16. The van der Waals surface area contributed by atoms with E-state index in [9.17, 15) is 14.4 Å². The van der Waals surface area contributed by atoms with Crippen molar-refractivity contribution >= 4 is 17.6 Å². The Morgan fingerprint density at radius 3 is 2.41 bits per heavy atom. The molecule has 3 rings (SSSR count). The van der Waals surface area contributed by atoms with Crippen LogP contribution in [0.5, 0.6) is 0 Å². The van der Waals surface area contributed by atoms with Crippen LogP contribution in [0, 0.1) is 0 Å². The fraction of sp³-hybridized carbons (Fsp3) is 0.118. The number of nitrogens with two attached hydrogens (primary N) is 1. The molecule has 3 heterocycles. The number of carbonyl (C=O) groups is 3. The van der Waals surface area contributed by atoms with E-state index < -0.39 is 23.6 Å². The molecule has 0 radical (unpaired) electrons. The van der Waals surface area contributed by atoms with Crippen molar-refractivity contribution in [3.05, 3.63) is 66.5 Å². The van der Waals surface area contributed by atoms with Crippen molar-refractivity contribution < 1.29 is 14.4 Å². The van der Waals surface area contributed by atoms with E-state index in [1.54, 1.807) is 30.5 Å². The first-order valence-corrected chi connectivity index (χ1v) is 7.92. The topological polar surface area (TPSA) is 146 Å². The molecule has 0 aliphatic carbocycles. The largest absolute Gasteiger partial charge is 0.363 e. The van der Waals surface area contributed by atoms with Gasteiger partial charge in [0.15, 0.2) is 0 Å². The van der Waals surface area contributed by atoms with Crippen LogP contribution in [0.1, 0.15) is 16.2 Å². The predicted molar refractivity (Wildman–Crippen MR) is 92.6 cm³/mol. The number of rotatable bonds is 7. The summed E-state index contributed by atoms with van der Waals surface area (Å²) < 4.78 is 1.22. The first-order valence-electron chi connectivity index (χ1n) is 7.92. The third-order valence-electron chi connectivity index (χ3n) is 3.62. The van der Waals surface area contributed by atoms with Crippen molar-refractivity contribution in [2.45, 2.75) is 12.5 Å². The number of nitrogens with one attached hydrogen (secondary N) is 1. The average molecular weight is 365 g/mol. The minimum absolute atomic E-state index is 0.0182. The number of carbonyl (C=O) groups excluding carboxylic acids is 3. The maximum absolute atomic E-state index is 12.7. The molecule has 136 valence electrons. The standard InChI is InChI=1S/C17H15N7O3/c18-15(26)14(25)12(10-11-4-1-2-6-19-11)23-16(27)13-5-9-22-24(13)17-20-7-3-8-21-17/h1-9,12H,10H2,(H2,18,26)(H,23,27). The molecular formula is C17H15N7O3. The first-order chi connectivity index (χ1) is 13.1. The lowest BCUT2D eigenvalue weighted by Crippen LogP contribution is -2.47.